The van der Waals surface area contributed by atoms with Gasteiger partial charge in [0.15, 0.2) is 0 Å². The van der Waals surface area contributed by atoms with E-state index >= 15 is 0 Å². The van der Waals surface area contributed by atoms with E-state index in [0.717, 1.165) is 77.8 Å². The molecule has 28 heavy (non-hydrogen) atoms. The lowest BCUT2D eigenvalue weighted by atomic mass is 9.98. The Morgan fingerprint density at radius 1 is 0.964 bits per heavy atom. The molecule has 0 aromatic heterocycles. The van der Waals surface area contributed by atoms with E-state index in [4.69, 9.17) is 5.73 Å². The number of rotatable bonds is 7. The zero-order valence-electron chi connectivity index (χ0n) is 16.5. The average molecular weight is 454 g/mol. The van der Waals surface area contributed by atoms with E-state index < -0.39 is 5.54 Å². The number of carbonyl (C=O) groups is 1. The van der Waals surface area contributed by atoms with Gasteiger partial charge in [0.05, 0.1) is 5.54 Å². The highest BCUT2D eigenvalue weighted by Crippen LogP contribution is 2.27. The number of amides is 1. The predicted octanol–water partition coefficient (Wildman–Crippen LogP) is 3.24. The molecular formula is C20H35Cl3N4O. The van der Waals surface area contributed by atoms with Crippen LogP contribution in [-0.2, 0) is 4.79 Å². The van der Waals surface area contributed by atoms with Crippen LogP contribution in [0.2, 0.25) is 0 Å². The molecule has 1 aliphatic carbocycles. The topological polar surface area (TPSA) is 61.6 Å². The van der Waals surface area contributed by atoms with Gasteiger partial charge in [0, 0.05) is 38.4 Å². The van der Waals surface area contributed by atoms with Crippen LogP contribution in [0, 0.1) is 0 Å². The van der Waals surface area contributed by atoms with Gasteiger partial charge in [0.1, 0.15) is 0 Å². The number of benzene rings is 1. The van der Waals surface area contributed by atoms with Crippen LogP contribution in [0.4, 0.5) is 5.69 Å². The van der Waals surface area contributed by atoms with Gasteiger partial charge in [-0.3, -0.25) is 9.69 Å². The third-order valence-corrected chi connectivity index (χ3v) is 5.63. The Morgan fingerprint density at radius 3 is 2.18 bits per heavy atom. The summed E-state index contributed by atoms with van der Waals surface area (Å²) in [7, 11) is 0. The summed E-state index contributed by atoms with van der Waals surface area (Å²) in [6.07, 6.45) is 6.00. The van der Waals surface area contributed by atoms with E-state index in [2.05, 4.69) is 45.4 Å². The highest BCUT2D eigenvalue weighted by molar-refractivity contribution is 5.86. The predicted molar refractivity (Wildman–Crippen MR) is 124 cm³/mol. The quantitative estimate of drug-likeness (QED) is 0.622. The lowest BCUT2D eigenvalue weighted by molar-refractivity contribution is -0.126. The molecule has 162 valence electrons. The van der Waals surface area contributed by atoms with Gasteiger partial charge < -0.3 is 16.0 Å². The van der Waals surface area contributed by atoms with Crippen LogP contribution in [0.5, 0.6) is 0 Å². The molecule has 1 aromatic carbocycles. The minimum absolute atomic E-state index is 0. The molecule has 1 saturated heterocycles. The molecule has 1 heterocycles. The molecule has 2 fully saturated rings. The summed E-state index contributed by atoms with van der Waals surface area (Å²) < 4.78 is 0. The lowest BCUT2D eigenvalue weighted by Crippen LogP contribution is -2.52. The molecular weight excluding hydrogens is 419 g/mol. The number of nitrogens with two attached hydrogens (primary N) is 1. The van der Waals surface area contributed by atoms with E-state index in [9.17, 15) is 4.79 Å². The highest BCUT2D eigenvalue weighted by atomic mass is 35.5. The molecule has 1 saturated carbocycles. The number of hydrogen-bond donors (Lipinski definition) is 2. The summed E-state index contributed by atoms with van der Waals surface area (Å²) >= 11 is 0. The fourth-order valence-electron chi connectivity index (χ4n) is 3.94. The first-order chi connectivity index (χ1) is 12.2. The van der Waals surface area contributed by atoms with Crippen molar-refractivity contribution in [1.82, 2.24) is 10.2 Å². The van der Waals surface area contributed by atoms with Gasteiger partial charge in [-0.25, -0.2) is 0 Å². The minimum Gasteiger partial charge on any atom is -0.369 e. The number of anilines is 1. The Kier molecular flexibility index (Phi) is 13.1. The monoisotopic (exact) mass is 452 g/mol. The molecule has 1 aromatic rings. The maximum atomic E-state index is 12.2. The fraction of sp³-hybridized carbons (Fsp3) is 0.650. The SMILES string of the molecule is Cl.Cl.Cl.NC1(C(=O)NCCCCN2CCN(c3ccccc3)CC2)CCCC1. The summed E-state index contributed by atoms with van der Waals surface area (Å²) in [4.78, 5) is 17.1. The maximum absolute atomic E-state index is 12.2. The normalized spacial score (nSPS) is 18.4. The van der Waals surface area contributed by atoms with Crippen molar-refractivity contribution < 1.29 is 4.79 Å². The van der Waals surface area contributed by atoms with Crippen LogP contribution in [0.15, 0.2) is 30.3 Å². The van der Waals surface area contributed by atoms with Gasteiger partial charge in [-0.1, -0.05) is 31.0 Å². The first-order valence-electron chi connectivity index (χ1n) is 9.77. The molecule has 0 bridgehead atoms. The Labute approximate surface area is 188 Å². The van der Waals surface area contributed by atoms with E-state index in [0.29, 0.717) is 0 Å². The minimum atomic E-state index is -0.590. The van der Waals surface area contributed by atoms with Gasteiger partial charge in [-0.05, 0) is 44.4 Å². The average Bonchev–Trinajstić information content (AvgIpc) is 3.10. The lowest BCUT2D eigenvalue weighted by Gasteiger charge is -2.36. The molecule has 8 heteroatoms. The maximum Gasteiger partial charge on any atom is 0.240 e. The van der Waals surface area contributed by atoms with Gasteiger partial charge >= 0.3 is 0 Å². The molecule has 0 atom stereocenters. The standard InChI is InChI=1S/C20H32N4O.3ClH/c21-20(10-4-5-11-20)19(25)22-12-6-7-13-23-14-16-24(17-15-23)18-8-2-1-3-9-18;;;/h1-3,8-9H,4-7,10-17,21H2,(H,22,25);3*1H. The van der Waals surface area contributed by atoms with E-state index in [1.807, 2.05) is 0 Å². The van der Waals surface area contributed by atoms with Gasteiger partial charge in [0.25, 0.3) is 0 Å². The number of unbranched alkanes of at least 4 members (excludes halogenated alkanes) is 1. The zero-order valence-corrected chi connectivity index (χ0v) is 18.9. The number of carbonyl (C=O) groups excluding carboxylic acids is 1. The second kappa shape index (κ2) is 13.5. The summed E-state index contributed by atoms with van der Waals surface area (Å²) in [6, 6.07) is 10.7. The van der Waals surface area contributed by atoms with Crippen molar-refractivity contribution in [2.45, 2.75) is 44.1 Å². The van der Waals surface area contributed by atoms with Gasteiger partial charge in [-0.2, -0.15) is 0 Å². The molecule has 1 aliphatic heterocycles. The number of nitrogens with zero attached hydrogens (tertiary/aromatic N) is 2. The number of para-hydroxylation sites is 1. The van der Waals surface area contributed by atoms with Crippen LogP contribution in [-0.4, -0.2) is 55.6 Å². The highest BCUT2D eigenvalue weighted by Gasteiger charge is 2.36. The second-order valence-corrected chi connectivity index (χ2v) is 7.49. The molecule has 0 spiro atoms. The van der Waals surface area contributed by atoms with Crippen molar-refractivity contribution in [3.05, 3.63) is 30.3 Å². The molecule has 2 aliphatic rings. The Morgan fingerprint density at radius 2 is 1.57 bits per heavy atom. The van der Waals surface area contributed by atoms with Crippen LogP contribution < -0.4 is 16.0 Å². The van der Waals surface area contributed by atoms with Crippen LogP contribution >= 0.6 is 37.2 Å². The molecule has 3 rings (SSSR count). The Hall–Kier alpha value is -0.720. The van der Waals surface area contributed by atoms with Crippen LogP contribution in [0.1, 0.15) is 38.5 Å². The summed E-state index contributed by atoms with van der Waals surface area (Å²) in [5.74, 6) is 0.0569. The second-order valence-electron chi connectivity index (χ2n) is 7.49. The van der Waals surface area contributed by atoms with E-state index in [1.165, 1.54) is 5.69 Å². The largest absolute Gasteiger partial charge is 0.369 e. The van der Waals surface area contributed by atoms with Crippen molar-refractivity contribution >= 4 is 48.8 Å². The van der Waals surface area contributed by atoms with E-state index in [1.54, 1.807) is 0 Å². The molecule has 0 unspecified atom stereocenters. The number of piperazine rings is 1. The van der Waals surface area contributed by atoms with Crippen molar-refractivity contribution in [3.8, 4) is 0 Å². The summed E-state index contributed by atoms with van der Waals surface area (Å²) in [6.45, 7) is 6.29. The Balaban J connectivity index is 0.00000243. The van der Waals surface area contributed by atoms with E-state index in [-0.39, 0.29) is 43.1 Å². The number of nitrogens with one attached hydrogen (secondary N) is 1. The third-order valence-electron chi connectivity index (χ3n) is 5.63. The number of hydrogen-bond acceptors (Lipinski definition) is 4. The van der Waals surface area contributed by atoms with Gasteiger partial charge in [0.2, 0.25) is 5.91 Å². The molecule has 0 radical (unpaired) electrons. The molecule has 1 amide bonds. The molecule has 3 N–H and O–H groups in total. The third kappa shape index (κ3) is 7.60. The zero-order chi connectivity index (χ0) is 17.5. The van der Waals surface area contributed by atoms with Crippen molar-refractivity contribution in [1.29, 1.82) is 0 Å². The Bertz CT molecular complexity index is 548. The first-order valence-corrected chi connectivity index (χ1v) is 9.77. The summed E-state index contributed by atoms with van der Waals surface area (Å²) in [5.41, 5.74) is 6.91. The van der Waals surface area contributed by atoms with Crippen molar-refractivity contribution in [2.24, 2.45) is 5.73 Å². The smallest absolute Gasteiger partial charge is 0.240 e. The molecule has 5 nitrogen and oxygen atoms in total. The number of halogens is 3. The fourth-order valence-corrected chi connectivity index (χ4v) is 3.94. The van der Waals surface area contributed by atoms with Crippen molar-refractivity contribution in [3.63, 3.8) is 0 Å². The van der Waals surface area contributed by atoms with Crippen LogP contribution in [0.3, 0.4) is 0 Å². The van der Waals surface area contributed by atoms with Gasteiger partial charge in [-0.15, -0.1) is 37.2 Å². The van der Waals surface area contributed by atoms with Crippen LogP contribution in [0.25, 0.3) is 0 Å². The van der Waals surface area contributed by atoms with Crippen molar-refractivity contribution in [2.75, 3.05) is 44.2 Å². The first kappa shape index (κ1) is 27.3. The summed E-state index contributed by atoms with van der Waals surface area (Å²) in [5, 5.41) is 3.04.